The van der Waals surface area contributed by atoms with Crippen LogP contribution in [0.2, 0.25) is 0 Å². The van der Waals surface area contributed by atoms with Gasteiger partial charge in [0.25, 0.3) is 5.91 Å². The Morgan fingerprint density at radius 1 is 0.950 bits per heavy atom. The van der Waals surface area contributed by atoms with E-state index in [9.17, 15) is 9.90 Å². The highest BCUT2D eigenvalue weighted by atomic mass is 16.3. The van der Waals surface area contributed by atoms with Gasteiger partial charge in [-0.3, -0.25) is 9.69 Å². The number of fused-ring (bicyclic) bond motifs is 1. The van der Waals surface area contributed by atoms with Gasteiger partial charge < -0.3 is 10.0 Å². The Kier molecular flexibility index (Phi) is 4.85. The first kappa shape index (κ1) is 23.6. The summed E-state index contributed by atoms with van der Waals surface area (Å²) >= 11 is 0. The summed E-state index contributed by atoms with van der Waals surface area (Å²) in [5.74, 6) is 2.54. The van der Waals surface area contributed by atoms with Gasteiger partial charge in [-0.1, -0.05) is 54.6 Å². The van der Waals surface area contributed by atoms with Crippen LogP contribution in [-0.2, 0) is 11.8 Å². The molecule has 9 rings (SSSR count). The third kappa shape index (κ3) is 2.98. The van der Waals surface area contributed by atoms with Crippen molar-refractivity contribution < 1.29 is 9.90 Å². The molecule has 6 aliphatic rings. The molecule has 204 valence electrons. The first-order chi connectivity index (χ1) is 19.6. The Morgan fingerprint density at radius 3 is 2.62 bits per heavy atom. The highest BCUT2D eigenvalue weighted by Crippen LogP contribution is 2.75. The first-order valence-corrected chi connectivity index (χ1v) is 15.6. The minimum Gasteiger partial charge on any atom is -0.508 e. The number of carbonyl (C=O) groups excluding carboxylic acids is 1. The lowest BCUT2D eigenvalue weighted by atomic mass is 9.43. The lowest BCUT2D eigenvalue weighted by molar-refractivity contribution is -0.102. The van der Waals surface area contributed by atoms with E-state index in [1.807, 2.05) is 30.3 Å². The number of benzene rings is 3. The van der Waals surface area contributed by atoms with E-state index in [-0.39, 0.29) is 22.8 Å². The highest BCUT2D eigenvalue weighted by Gasteiger charge is 2.76. The van der Waals surface area contributed by atoms with E-state index in [1.165, 1.54) is 56.3 Å². The summed E-state index contributed by atoms with van der Waals surface area (Å²) in [6, 6.07) is 25.7. The minimum atomic E-state index is 0.0750. The van der Waals surface area contributed by atoms with E-state index < -0.39 is 0 Å². The SMILES string of the molecule is O=C(c1ccccc1-c1ccccc1)N1C[C@H]2C[C@@]34CCC1C2[C@@]31CCN(CC2CC2)[C@@H]4Cc2ccc(O)cc21. The van der Waals surface area contributed by atoms with Crippen LogP contribution in [0, 0.1) is 23.2 Å². The van der Waals surface area contributed by atoms with Gasteiger partial charge in [0.05, 0.1) is 0 Å². The number of phenols is 1. The van der Waals surface area contributed by atoms with Gasteiger partial charge in [-0.05, 0) is 115 Å². The van der Waals surface area contributed by atoms with E-state index in [2.05, 4.69) is 52.3 Å². The van der Waals surface area contributed by atoms with Crippen LogP contribution in [0.3, 0.4) is 0 Å². The molecule has 0 radical (unpaired) electrons. The Labute approximate surface area is 237 Å². The molecular formula is C36H38N2O2. The standard InChI is InChI=1S/C36H38N2O2/c39-27-13-12-25-18-32-35-15-14-31-33(36(35,30(25)19-27)16-17-37(32)21-23-10-11-23)26(20-35)22-38(31)34(40)29-9-5-4-8-28(29)24-6-2-1-3-7-24/h1-9,12-13,19,23,26,31-33,39H,10-11,14-18,20-22H2/t26-,31?,32-,33?,35-,36+/m1/s1. The monoisotopic (exact) mass is 530 g/mol. The number of phenolic OH excluding ortho intramolecular Hbond substituents is 1. The van der Waals surface area contributed by atoms with E-state index >= 15 is 0 Å². The smallest absolute Gasteiger partial charge is 0.254 e. The molecule has 2 saturated heterocycles. The predicted molar refractivity (Wildman–Crippen MR) is 156 cm³/mol. The van der Waals surface area contributed by atoms with Crippen molar-refractivity contribution in [2.45, 2.75) is 62.4 Å². The second kappa shape index (κ2) is 8.22. The van der Waals surface area contributed by atoms with Gasteiger partial charge in [0.15, 0.2) is 0 Å². The molecule has 0 spiro atoms. The van der Waals surface area contributed by atoms with Crippen LogP contribution in [-0.4, -0.2) is 52.5 Å². The van der Waals surface area contributed by atoms with Crippen molar-refractivity contribution in [1.82, 2.24) is 9.80 Å². The zero-order chi connectivity index (χ0) is 26.6. The number of hydrogen-bond acceptors (Lipinski definition) is 3. The largest absolute Gasteiger partial charge is 0.508 e. The van der Waals surface area contributed by atoms with Gasteiger partial charge in [-0.25, -0.2) is 0 Å². The second-order valence-corrected chi connectivity index (χ2v) is 13.8. The molecule has 1 N–H and O–H groups in total. The molecule has 4 aliphatic carbocycles. The molecule has 5 fully saturated rings. The molecule has 6 atom stereocenters. The topological polar surface area (TPSA) is 43.8 Å². The Bertz CT molecular complexity index is 1510. The average Bonchev–Trinajstić information content (AvgIpc) is 3.68. The van der Waals surface area contributed by atoms with Gasteiger partial charge in [-0.2, -0.15) is 0 Å². The number of rotatable bonds is 4. The zero-order valence-electron chi connectivity index (χ0n) is 23.1. The summed E-state index contributed by atoms with van der Waals surface area (Å²) in [6.07, 6.45) is 8.66. The summed E-state index contributed by atoms with van der Waals surface area (Å²) < 4.78 is 0. The lowest BCUT2D eigenvalue weighted by Gasteiger charge is -2.66. The van der Waals surface area contributed by atoms with Crippen LogP contribution < -0.4 is 0 Å². The van der Waals surface area contributed by atoms with Crippen molar-refractivity contribution >= 4 is 5.91 Å². The third-order valence-corrected chi connectivity index (χ3v) is 12.3. The fourth-order valence-electron chi connectivity index (χ4n) is 10.9. The van der Waals surface area contributed by atoms with Gasteiger partial charge in [-0.15, -0.1) is 0 Å². The van der Waals surface area contributed by atoms with E-state index in [1.54, 1.807) is 0 Å². The minimum absolute atomic E-state index is 0.0750. The molecule has 3 saturated carbocycles. The first-order valence-electron chi connectivity index (χ1n) is 15.6. The van der Waals surface area contributed by atoms with E-state index in [0.29, 0.717) is 23.6 Å². The van der Waals surface area contributed by atoms with Crippen LogP contribution in [0.25, 0.3) is 11.1 Å². The number of aromatic hydroxyl groups is 1. The summed E-state index contributed by atoms with van der Waals surface area (Å²) in [6.45, 7) is 3.32. The second-order valence-electron chi connectivity index (χ2n) is 13.8. The van der Waals surface area contributed by atoms with Crippen LogP contribution in [0.5, 0.6) is 5.75 Å². The van der Waals surface area contributed by atoms with Crippen molar-refractivity contribution in [2.24, 2.45) is 23.2 Å². The molecule has 4 nitrogen and oxygen atoms in total. The maximum atomic E-state index is 14.4. The van der Waals surface area contributed by atoms with E-state index in [0.717, 1.165) is 42.0 Å². The molecule has 2 aliphatic heterocycles. The molecule has 2 heterocycles. The van der Waals surface area contributed by atoms with Crippen LogP contribution in [0.4, 0.5) is 0 Å². The molecule has 3 aromatic carbocycles. The molecule has 4 bridgehead atoms. The van der Waals surface area contributed by atoms with Crippen molar-refractivity contribution in [3.63, 3.8) is 0 Å². The molecular weight excluding hydrogens is 492 g/mol. The summed E-state index contributed by atoms with van der Waals surface area (Å²) in [7, 11) is 0. The number of amides is 1. The maximum Gasteiger partial charge on any atom is 0.254 e. The number of hydrogen-bond donors (Lipinski definition) is 1. The van der Waals surface area contributed by atoms with Gasteiger partial charge in [0.2, 0.25) is 0 Å². The number of carbonyl (C=O) groups is 1. The highest BCUT2D eigenvalue weighted by molar-refractivity contribution is 6.01. The van der Waals surface area contributed by atoms with E-state index in [4.69, 9.17) is 0 Å². The Hall–Kier alpha value is -3.11. The Morgan fingerprint density at radius 2 is 1.77 bits per heavy atom. The summed E-state index contributed by atoms with van der Waals surface area (Å²) in [5, 5.41) is 10.7. The van der Waals surface area contributed by atoms with Crippen LogP contribution in [0.1, 0.15) is 60.0 Å². The van der Waals surface area contributed by atoms with Gasteiger partial charge in [0, 0.05) is 36.2 Å². The molecule has 4 heteroatoms. The summed E-state index contributed by atoms with van der Waals surface area (Å²) in [5.41, 5.74) is 6.23. The normalized spacial score (nSPS) is 35.4. The molecule has 2 unspecified atom stereocenters. The number of nitrogens with zero attached hydrogens (tertiary/aromatic N) is 2. The molecule has 1 amide bonds. The Balaban J connectivity index is 1.13. The molecule has 0 aromatic heterocycles. The van der Waals surface area contributed by atoms with Crippen molar-refractivity contribution in [1.29, 1.82) is 0 Å². The third-order valence-electron chi connectivity index (χ3n) is 12.3. The quantitative estimate of drug-likeness (QED) is 0.432. The number of likely N-dealkylation sites (tertiary alicyclic amines) is 2. The van der Waals surface area contributed by atoms with Crippen LogP contribution >= 0.6 is 0 Å². The fraction of sp³-hybridized carbons (Fsp3) is 0.472. The lowest BCUT2D eigenvalue weighted by Crippen LogP contribution is -2.69. The van der Waals surface area contributed by atoms with Crippen molar-refractivity contribution in [3.8, 4) is 16.9 Å². The average molecular weight is 531 g/mol. The predicted octanol–water partition coefficient (Wildman–Crippen LogP) is 6.28. The van der Waals surface area contributed by atoms with Gasteiger partial charge in [0.1, 0.15) is 5.75 Å². The van der Waals surface area contributed by atoms with Crippen LogP contribution in [0.15, 0.2) is 72.8 Å². The molecule has 3 aromatic rings. The number of piperidine rings is 1. The van der Waals surface area contributed by atoms with Crippen molar-refractivity contribution in [3.05, 3.63) is 89.5 Å². The fourth-order valence-corrected chi connectivity index (χ4v) is 10.9. The maximum absolute atomic E-state index is 14.4. The summed E-state index contributed by atoms with van der Waals surface area (Å²) in [4.78, 5) is 19.6. The molecule has 40 heavy (non-hydrogen) atoms. The zero-order valence-corrected chi connectivity index (χ0v) is 23.1. The van der Waals surface area contributed by atoms with Gasteiger partial charge >= 0.3 is 0 Å². The van der Waals surface area contributed by atoms with Crippen molar-refractivity contribution in [2.75, 3.05) is 19.6 Å².